The van der Waals surface area contributed by atoms with Crippen LogP contribution in [0.15, 0.2) is 53.4 Å². The number of nitrogens with zero attached hydrogens (tertiary/aromatic N) is 2. The third-order valence-electron chi connectivity index (χ3n) is 5.72. The van der Waals surface area contributed by atoms with Crippen LogP contribution in [-0.2, 0) is 27.9 Å². The van der Waals surface area contributed by atoms with E-state index in [4.69, 9.17) is 0 Å². The molecule has 1 aliphatic heterocycles. The lowest BCUT2D eigenvalue weighted by molar-refractivity contribution is -0.124. The Kier molecular flexibility index (Phi) is 7.80. The van der Waals surface area contributed by atoms with Gasteiger partial charge in [0.25, 0.3) is 0 Å². The fraction of sp³-hybridized carbons (Fsp3) is 0.435. The molecule has 0 unspecified atom stereocenters. The second-order valence-corrected chi connectivity index (χ2v) is 9.61. The highest BCUT2D eigenvalue weighted by atomic mass is 32.2. The van der Waals surface area contributed by atoms with Crippen molar-refractivity contribution in [3.05, 3.63) is 65.5 Å². The van der Waals surface area contributed by atoms with Gasteiger partial charge in [-0.25, -0.2) is 12.8 Å². The molecular weight excluding hydrogens is 417 g/mol. The molecule has 3 rings (SSSR count). The fourth-order valence-corrected chi connectivity index (χ4v) is 5.46. The van der Waals surface area contributed by atoms with Gasteiger partial charge < -0.3 is 5.32 Å². The Hall–Kier alpha value is -2.29. The number of carbonyl (C=O) groups excluding carboxylic acids is 1. The Morgan fingerprint density at radius 3 is 2.29 bits per heavy atom. The van der Waals surface area contributed by atoms with E-state index in [0.717, 1.165) is 37.3 Å². The van der Waals surface area contributed by atoms with E-state index in [9.17, 15) is 17.6 Å². The van der Waals surface area contributed by atoms with Crippen LogP contribution in [0.5, 0.6) is 0 Å². The van der Waals surface area contributed by atoms with E-state index in [1.807, 2.05) is 12.1 Å². The lowest BCUT2D eigenvalue weighted by Gasteiger charge is -2.23. The number of hydrogen-bond donors (Lipinski definition) is 1. The van der Waals surface area contributed by atoms with Crippen molar-refractivity contribution in [3.63, 3.8) is 0 Å². The molecule has 2 aromatic carbocycles. The van der Waals surface area contributed by atoms with Crippen molar-refractivity contribution in [2.45, 2.75) is 50.7 Å². The number of nitrogens with one attached hydrogen (secondary N) is 1. The number of rotatable bonds is 9. The summed E-state index contributed by atoms with van der Waals surface area (Å²) in [6.45, 7) is 7.76. The predicted octanol–water partition coefficient (Wildman–Crippen LogP) is 3.14. The first-order chi connectivity index (χ1) is 14.8. The molecule has 1 heterocycles. The third kappa shape index (κ3) is 5.70. The molecule has 1 saturated heterocycles. The van der Waals surface area contributed by atoms with Crippen molar-refractivity contribution >= 4 is 15.9 Å². The van der Waals surface area contributed by atoms with Gasteiger partial charge in [-0.05, 0) is 61.3 Å². The zero-order valence-corrected chi connectivity index (χ0v) is 18.9. The molecule has 1 aliphatic rings. The summed E-state index contributed by atoms with van der Waals surface area (Å²) in [7, 11) is -3.85. The molecule has 1 atom stereocenters. The molecule has 168 valence electrons. The quantitative estimate of drug-likeness (QED) is 0.641. The van der Waals surface area contributed by atoms with Crippen LogP contribution in [0.25, 0.3) is 0 Å². The lowest BCUT2D eigenvalue weighted by atomic mass is 10.1. The summed E-state index contributed by atoms with van der Waals surface area (Å²) in [4.78, 5) is 15.1. The highest BCUT2D eigenvalue weighted by Gasteiger charge is 2.39. The topological polar surface area (TPSA) is 69.7 Å². The minimum Gasteiger partial charge on any atom is -0.351 e. The molecule has 8 heteroatoms. The van der Waals surface area contributed by atoms with Gasteiger partial charge in [-0.2, -0.15) is 4.31 Å². The molecule has 0 aromatic heterocycles. The number of benzene rings is 2. The highest BCUT2D eigenvalue weighted by molar-refractivity contribution is 7.89. The van der Waals surface area contributed by atoms with Crippen LogP contribution in [0.1, 0.15) is 37.8 Å². The number of halogens is 1. The Bertz CT molecular complexity index is 974. The highest BCUT2D eigenvalue weighted by Crippen LogP contribution is 2.26. The first-order valence-electron chi connectivity index (χ1n) is 10.7. The Morgan fingerprint density at radius 2 is 1.68 bits per heavy atom. The minimum absolute atomic E-state index is 0.00242. The maximum atomic E-state index is 13.2. The van der Waals surface area contributed by atoms with Crippen molar-refractivity contribution in [1.29, 1.82) is 0 Å². The molecule has 6 nitrogen and oxygen atoms in total. The summed E-state index contributed by atoms with van der Waals surface area (Å²) in [6, 6.07) is 12.0. The van der Waals surface area contributed by atoms with Crippen LogP contribution in [0.2, 0.25) is 0 Å². The monoisotopic (exact) mass is 447 g/mol. The van der Waals surface area contributed by atoms with Crippen molar-refractivity contribution < 1.29 is 17.6 Å². The van der Waals surface area contributed by atoms with Gasteiger partial charge in [-0.3, -0.25) is 9.69 Å². The van der Waals surface area contributed by atoms with Crippen LogP contribution in [0.4, 0.5) is 4.39 Å². The molecule has 0 radical (unpaired) electrons. The van der Waals surface area contributed by atoms with Gasteiger partial charge in [0.15, 0.2) is 0 Å². The molecule has 1 fully saturated rings. The molecule has 31 heavy (non-hydrogen) atoms. The van der Waals surface area contributed by atoms with E-state index in [2.05, 4.69) is 36.2 Å². The summed E-state index contributed by atoms with van der Waals surface area (Å²) in [6.07, 6.45) is 1.08. The summed E-state index contributed by atoms with van der Waals surface area (Å²) in [5.74, 6) is -0.812. The first kappa shape index (κ1) is 23.4. The molecule has 0 aliphatic carbocycles. The average Bonchev–Trinajstić information content (AvgIpc) is 3.28. The molecule has 1 N–H and O–H groups in total. The van der Waals surface area contributed by atoms with Gasteiger partial charge in [0.2, 0.25) is 15.9 Å². The van der Waals surface area contributed by atoms with E-state index in [1.54, 1.807) is 0 Å². The Balaban J connectivity index is 1.61. The normalized spacial score (nSPS) is 17.2. The third-order valence-corrected chi connectivity index (χ3v) is 7.64. The fourth-order valence-electron chi connectivity index (χ4n) is 3.81. The molecule has 0 bridgehead atoms. The summed E-state index contributed by atoms with van der Waals surface area (Å²) in [5, 5.41) is 2.87. The van der Waals surface area contributed by atoms with E-state index >= 15 is 0 Å². The van der Waals surface area contributed by atoms with Crippen molar-refractivity contribution in [2.75, 3.05) is 19.6 Å². The largest absolute Gasteiger partial charge is 0.351 e. The second-order valence-electron chi connectivity index (χ2n) is 7.72. The SMILES string of the molecule is CCN(CC)Cc1ccc(CNC(=O)[C@@H]2CCCN2S(=O)(=O)c2ccc(F)cc2)cc1. The van der Waals surface area contributed by atoms with Crippen molar-refractivity contribution in [1.82, 2.24) is 14.5 Å². The van der Waals surface area contributed by atoms with Crippen molar-refractivity contribution in [2.24, 2.45) is 0 Å². The number of carbonyl (C=O) groups is 1. The van der Waals surface area contributed by atoms with E-state index in [0.29, 0.717) is 19.4 Å². The van der Waals surface area contributed by atoms with Gasteiger partial charge in [0, 0.05) is 19.6 Å². The maximum Gasteiger partial charge on any atom is 0.243 e. The Labute approximate surface area is 184 Å². The summed E-state index contributed by atoms with van der Waals surface area (Å²) < 4.78 is 40.3. The molecule has 0 saturated carbocycles. The molecule has 2 aromatic rings. The van der Waals surface area contributed by atoms with E-state index in [1.165, 1.54) is 22.0 Å². The Morgan fingerprint density at radius 1 is 1.06 bits per heavy atom. The summed E-state index contributed by atoms with van der Waals surface area (Å²) >= 11 is 0. The maximum absolute atomic E-state index is 13.2. The van der Waals surface area contributed by atoms with E-state index < -0.39 is 21.9 Å². The van der Waals surface area contributed by atoms with Crippen LogP contribution in [0.3, 0.4) is 0 Å². The van der Waals surface area contributed by atoms with Crippen molar-refractivity contribution in [3.8, 4) is 0 Å². The first-order valence-corrected chi connectivity index (χ1v) is 12.1. The average molecular weight is 448 g/mol. The van der Waals surface area contributed by atoms with Crippen LogP contribution < -0.4 is 5.32 Å². The number of sulfonamides is 1. The van der Waals surface area contributed by atoms with Gasteiger partial charge >= 0.3 is 0 Å². The zero-order chi connectivity index (χ0) is 22.4. The number of hydrogen-bond acceptors (Lipinski definition) is 4. The van der Waals surface area contributed by atoms with Gasteiger partial charge in [-0.15, -0.1) is 0 Å². The van der Waals surface area contributed by atoms with Crippen LogP contribution in [-0.4, -0.2) is 49.2 Å². The smallest absolute Gasteiger partial charge is 0.243 e. The number of amides is 1. The molecule has 0 spiro atoms. The second kappa shape index (κ2) is 10.3. The van der Waals surface area contributed by atoms with Gasteiger partial charge in [-0.1, -0.05) is 38.1 Å². The lowest BCUT2D eigenvalue weighted by Crippen LogP contribution is -2.45. The van der Waals surface area contributed by atoms with Crippen LogP contribution >= 0.6 is 0 Å². The standard InChI is InChI=1S/C23H30FN3O3S/c1-3-26(4-2)17-19-9-7-18(8-10-19)16-25-23(28)22-6-5-15-27(22)31(29,30)21-13-11-20(24)12-14-21/h7-14,22H,3-6,15-17H2,1-2H3,(H,25,28)/t22-/m0/s1. The summed E-state index contributed by atoms with van der Waals surface area (Å²) in [5.41, 5.74) is 2.17. The van der Waals surface area contributed by atoms with Gasteiger partial charge in [0.05, 0.1) is 4.90 Å². The molecular formula is C23H30FN3O3S. The minimum atomic E-state index is -3.85. The van der Waals surface area contributed by atoms with Crippen LogP contribution in [0, 0.1) is 5.82 Å². The zero-order valence-electron chi connectivity index (χ0n) is 18.1. The predicted molar refractivity (Wildman–Crippen MR) is 118 cm³/mol. The molecule has 1 amide bonds. The van der Waals surface area contributed by atoms with E-state index in [-0.39, 0.29) is 17.3 Å². The van der Waals surface area contributed by atoms with Gasteiger partial charge in [0.1, 0.15) is 11.9 Å².